The molecule has 4 heterocycles. The van der Waals surface area contributed by atoms with Gasteiger partial charge < -0.3 is 14.3 Å². The quantitative estimate of drug-likeness (QED) is 0.647. The summed E-state index contributed by atoms with van der Waals surface area (Å²) in [5.74, 6) is -0.961. The zero-order valence-electron chi connectivity index (χ0n) is 16.4. The maximum atomic E-state index is 14.1. The number of carbonyl (C=O) groups is 2. The van der Waals surface area contributed by atoms with Crippen molar-refractivity contribution in [3.8, 4) is 0 Å². The molecule has 1 aromatic carbocycles. The van der Waals surface area contributed by atoms with Gasteiger partial charge in [0.05, 0.1) is 11.4 Å². The monoisotopic (exact) mass is 407 g/mol. The molecule has 30 heavy (non-hydrogen) atoms. The van der Waals surface area contributed by atoms with Gasteiger partial charge in [0.1, 0.15) is 29.0 Å². The third-order valence-electron chi connectivity index (χ3n) is 5.92. The SMILES string of the molecule is Cc1cc(C23Cc4nccnc4C(=O)N2CCN3C(=O)c2conc2C)ccc1F. The van der Waals surface area contributed by atoms with Gasteiger partial charge in [-0.05, 0) is 37.1 Å². The van der Waals surface area contributed by atoms with E-state index < -0.39 is 5.66 Å². The van der Waals surface area contributed by atoms with Gasteiger partial charge in [-0.15, -0.1) is 0 Å². The van der Waals surface area contributed by atoms with Crippen molar-refractivity contribution in [1.29, 1.82) is 0 Å². The zero-order chi connectivity index (χ0) is 21.0. The number of nitrogens with zero attached hydrogens (tertiary/aromatic N) is 5. The number of benzene rings is 1. The van der Waals surface area contributed by atoms with Gasteiger partial charge >= 0.3 is 0 Å². The number of halogens is 1. The average molecular weight is 407 g/mol. The van der Waals surface area contributed by atoms with Gasteiger partial charge in [0.25, 0.3) is 11.8 Å². The molecule has 0 N–H and O–H groups in total. The lowest BCUT2D eigenvalue weighted by Crippen LogP contribution is -2.59. The number of rotatable bonds is 2. The van der Waals surface area contributed by atoms with Crippen molar-refractivity contribution in [3.05, 3.63) is 76.4 Å². The topological polar surface area (TPSA) is 92.4 Å². The largest absolute Gasteiger partial charge is 0.364 e. The van der Waals surface area contributed by atoms with Gasteiger partial charge in [-0.1, -0.05) is 11.2 Å². The Hall–Kier alpha value is -3.62. The fourth-order valence-corrected chi connectivity index (χ4v) is 4.43. The van der Waals surface area contributed by atoms with E-state index in [0.717, 1.165) is 0 Å². The third kappa shape index (κ3) is 2.41. The van der Waals surface area contributed by atoms with E-state index in [-0.39, 0.29) is 29.7 Å². The lowest BCUT2D eigenvalue weighted by Gasteiger charge is -2.46. The lowest BCUT2D eigenvalue weighted by molar-refractivity contribution is 0.00632. The molecule has 0 aliphatic carbocycles. The van der Waals surface area contributed by atoms with Crippen molar-refractivity contribution in [2.45, 2.75) is 25.9 Å². The summed E-state index contributed by atoms with van der Waals surface area (Å²) in [6.45, 7) is 3.97. The molecule has 9 heteroatoms. The second-order valence-corrected chi connectivity index (χ2v) is 7.54. The fourth-order valence-electron chi connectivity index (χ4n) is 4.43. The number of fused-ring (bicyclic) bond motifs is 2. The number of aromatic nitrogens is 3. The Morgan fingerprint density at radius 3 is 2.73 bits per heavy atom. The summed E-state index contributed by atoms with van der Waals surface area (Å²) in [7, 11) is 0. The first-order chi connectivity index (χ1) is 14.4. The van der Waals surface area contributed by atoms with Gasteiger partial charge in [0.2, 0.25) is 0 Å². The van der Waals surface area contributed by atoms with E-state index in [1.165, 1.54) is 24.7 Å². The summed E-state index contributed by atoms with van der Waals surface area (Å²) in [5, 5.41) is 3.81. The summed E-state index contributed by atoms with van der Waals surface area (Å²) in [6, 6.07) is 4.67. The first-order valence-corrected chi connectivity index (χ1v) is 9.55. The number of hydrogen-bond donors (Lipinski definition) is 0. The molecule has 1 atom stereocenters. The smallest absolute Gasteiger partial charge is 0.276 e. The summed E-state index contributed by atoms with van der Waals surface area (Å²) >= 11 is 0. The van der Waals surface area contributed by atoms with Crippen molar-refractivity contribution < 1.29 is 18.5 Å². The van der Waals surface area contributed by atoms with E-state index in [4.69, 9.17) is 4.52 Å². The summed E-state index contributed by atoms with van der Waals surface area (Å²) in [6.07, 6.45) is 4.56. The van der Waals surface area contributed by atoms with Crippen LogP contribution in [0.25, 0.3) is 0 Å². The number of amides is 2. The van der Waals surface area contributed by atoms with Crippen LogP contribution in [0.4, 0.5) is 4.39 Å². The normalized spacial score (nSPS) is 20.3. The molecule has 5 rings (SSSR count). The Bertz CT molecular complexity index is 1190. The molecular formula is C21H18FN5O3. The lowest BCUT2D eigenvalue weighted by atomic mass is 9.86. The molecule has 0 spiro atoms. The molecule has 3 aromatic rings. The Morgan fingerprint density at radius 1 is 1.20 bits per heavy atom. The second-order valence-electron chi connectivity index (χ2n) is 7.54. The summed E-state index contributed by atoms with van der Waals surface area (Å²) in [4.78, 5) is 38.7. The van der Waals surface area contributed by atoms with Crippen LogP contribution >= 0.6 is 0 Å². The van der Waals surface area contributed by atoms with Crippen LogP contribution in [0.1, 0.15) is 43.4 Å². The highest BCUT2D eigenvalue weighted by Crippen LogP contribution is 2.45. The molecule has 0 radical (unpaired) electrons. The van der Waals surface area contributed by atoms with E-state index in [2.05, 4.69) is 15.1 Å². The summed E-state index contributed by atoms with van der Waals surface area (Å²) in [5.41, 5.74) is 1.51. The Balaban J connectivity index is 1.73. The molecule has 2 aliphatic heterocycles. The van der Waals surface area contributed by atoms with Crippen LogP contribution in [0, 0.1) is 19.7 Å². The van der Waals surface area contributed by atoms with E-state index in [0.29, 0.717) is 41.2 Å². The minimum absolute atomic E-state index is 0.253. The minimum Gasteiger partial charge on any atom is -0.364 e. The van der Waals surface area contributed by atoms with Gasteiger partial charge in [-0.2, -0.15) is 0 Å². The highest BCUT2D eigenvalue weighted by atomic mass is 19.1. The van der Waals surface area contributed by atoms with E-state index in [1.54, 1.807) is 35.8 Å². The van der Waals surface area contributed by atoms with Gasteiger partial charge in [0, 0.05) is 31.9 Å². The maximum absolute atomic E-state index is 14.1. The van der Waals surface area contributed by atoms with Crippen molar-refractivity contribution in [1.82, 2.24) is 24.9 Å². The van der Waals surface area contributed by atoms with Crippen LogP contribution in [0.3, 0.4) is 0 Å². The van der Waals surface area contributed by atoms with Crippen LogP contribution in [-0.4, -0.2) is 49.8 Å². The Labute approximate surface area is 171 Å². The van der Waals surface area contributed by atoms with Crippen LogP contribution in [0.15, 0.2) is 41.4 Å². The molecular weight excluding hydrogens is 389 g/mol. The minimum atomic E-state index is -1.14. The molecule has 0 bridgehead atoms. The van der Waals surface area contributed by atoms with Gasteiger partial charge in [-0.25, -0.2) is 9.37 Å². The van der Waals surface area contributed by atoms with Crippen molar-refractivity contribution in [2.24, 2.45) is 0 Å². The van der Waals surface area contributed by atoms with E-state index >= 15 is 0 Å². The predicted molar refractivity (Wildman–Crippen MR) is 102 cm³/mol. The van der Waals surface area contributed by atoms with Crippen LogP contribution < -0.4 is 0 Å². The van der Waals surface area contributed by atoms with Crippen LogP contribution in [0.2, 0.25) is 0 Å². The predicted octanol–water partition coefficient (Wildman–Crippen LogP) is 2.23. The van der Waals surface area contributed by atoms with Crippen molar-refractivity contribution >= 4 is 11.8 Å². The molecule has 1 unspecified atom stereocenters. The highest BCUT2D eigenvalue weighted by molar-refractivity contribution is 5.99. The molecule has 152 valence electrons. The average Bonchev–Trinajstić information content (AvgIpc) is 3.34. The molecule has 8 nitrogen and oxygen atoms in total. The number of aryl methyl sites for hydroxylation is 2. The first kappa shape index (κ1) is 18.4. The third-order valence-corrected chi connectivity index (χ3v) is 5.92. The van der Waals surface area contributed by atoms with Crippen LogP contribution in [0.5, 0.6) is 0 Å². The van der Waals surface area contributed by atoms with Crippen molar-refractivity contribution in [2.75, 3.05) is 13.1 Å². The van der Waals surface area contributed by atoms with E-state index in [9.17, 15) is 14.0 Å². The zero-order valence-corrected chi connectivity index (χ0v) is 16.4. The first-order valence-electron chi connectivity index (χ1n) is 9.55. The Kier molecular flexibility index (Phi) is 3.96. The van der Waals surface area contributed by atoms with Crippen LogP contribution in [-0.2, 0) is 12.1 Å². The molecule has 2 aromatic heterocycles. The fraction of sp³-hybridized carbons (Fsp3) is 0.286. The maximum Gasteiger partial charge on any atom is 0.276 e. The summed E-state index contributed by atoms with van der Waals surface area (Å²) < 4.78 is 19.0. The molecule has 2 amide bonds. The number of carbonyl (C=O) groups excluding carboxylic acids is 2. The molecule has 1 fully saturated rings. The van der Waals surface area contributed by atoms with E-state index in [1.807, 2.05) is 0 Å². The molecule has 2 aliphatic rings. The van der Waals surface area contributed by atoms with Gasteiger partial charge in [0.15, 0.2) is 0 Å². The molecule has 0 saturated carbocycles. The van der Waals surface area contributed by atoms with Gasteiger partial charge in [-0.3, -0.25) is 14.6 Å². The highest BCUT2D eigenvalue weighted by Gasteiger charge is 2.57. The van der Waals surface area contributed by atoms with Crippen molar-refractivity contribution in [3.63, 3.8) is 0 Å². The second kappa shape index (κ2) is 6.45. The standard InChI is InChI=1S/C21H18FN5O3/c1-12-9-14(3-4-16(12)22)21-10-17-18(24-6-5-23-17)20(29)27(21)8-7-26(21)19(28)15-11-30-25-13(15)2/h3-6,9,11H,7-8,10H2,1-2H3. The number of hydrogen-bond acceptors (Lipinski definition) is 6. The Morgan fingerprint density at radius 2 is 2.00 bits per heavy atom. The molecule has 1 saturated heterocycles.